The summed E-state index contributed by atoms with van der Waals surface area (Å²) in [6.07, 6.45) is 1.69. The monoisotopic (exact) mass is 441 g/mol. The topological polar surface area (TPSA) is 85.7 Å². The van der Waals surface area contributed by atoms with E-state index in [1.54, 1.807) is 12.1 Å². The van der Waals surface area contributed by atoms with Crippen LogP contribution in [0.15, 0.2) is 49.1 Å². The molecule has 0 bridgehead atoms. The van der Waals surface area contributed by atoms with Crippen molar-refractivity contribution < 1.29 is 14.4 Å². The van der Waals surface area contributed by atoms with Gasteiger partial charge >= 0.3 is 0 Å². The van der Waals surface area contributed by atoms with Crippen LogP contribution in [0.3, 0.4) is 0 Å². The fourth-order valence-electron chi connectivity index (χ4n) is 2.48. The van der Waals surface area contributed by atoms with E-state index in [1.165, 1.54) is 12.1 Å². The molecule has 0 fully saturated rings. The van der Waals surface area contributed by atoms with Gasteiger partial charge in [-0.1, -0.05) is 30.3 Å². The van der Waals surface area contributed by atoms with E-state index in [2.05, 4.69) is 17.2 Å². The van der Waals surface area contributed by atoms with Gasteiger partial charge in [0.05, 0.1) is 22.2 Å². The third-order valence-corrected chi connectivity index (χ3v) is 4.09. The van der Waals surface area contributed by atoms with Gasteiger partial charge in [0.15, 0.2) is 11.5 Å². The summed E-state index contributed by atoms with van der Waals surface area (Å²) in [4.78, 5) is 10.3. The molecule has 29 heavy (non-hydrogen) atoms. The Balaban J connectivity index is 0.00000420. The van der Waals surface area contributed by atoms with Crippen molar-refractivity contribution >= 4 is 35.4 Å². The quantitative estimate of drug-likeness (QED) is 0.212. The zero-order chi connectivity index (χ0) is 20.4. The lowest BCUT2D eigenvalue weighted by Crippen LogP contribution is -2.22. The first kappa shape index (κ1) is 24.6. The Morgan fingerprint density at radius 3 is 2.62 bits per heavy atom. The van der Waals surface area contributed by atoms with Crippen molar-refractivity contribution in [2.45, 2.75) is 13.5 Å². The van der Waals surface area contributed by atoms with Gasteiger partial charge in [-0.15, -0.1) is 12.4 Å². The maximum Gasteiger partial charge on any atom is 0.271 e. The largest absolute Gasteiger partial charge is 0.490 e. The molecule has 0 unspecified atom stereocenters. The maximum absolute atomic E-state index is 10.7. The highest BCUT2D eigenvalue weighted by molar-refractivity contribution is 6.33. The number of nitro groups is 1. The van der Waals surface area contributed by atoms with Gasteiger partial charge in [0.25, 0.3) is 5.69 Å². The zero-order valence-electron chi connectivity index (χ0n) is 16.2. The van der Waals surface area contributed by atoms with Crippen LogP contribution in [0.25, 0.3) is 0 Å². The zero-order valence-corrected chi connectivity index (χ0v) is 17.7. The second-order valence-electron chi connectivity index (χ2n) is 5.84. The normalized spacial score (nSPS) is 10.0. The fraction of sp³-hybridized carbons (Fsp3) is 0.300. The average Bonchev–Trinajstić information content (AvgIpc) is 2.68. The highest BCUT2D eigenvalue weighted by Crippen LogP contribution is 2.29. The summed E-state index contributed by atoms with van der Waals surface area (Å²) in [7, 11) is 0. The minimum Gasteiger partial charge on any atom is -0.490 e. The molecule has 0 aliphatic rings. The number of anilines is 1. The van der Waals surface area contributed by atoms with Crippen molar-refractivity contribution in [3.8, 4) is 11.5 Å². The first-order valence-electron chi connectivity index (χ1n) is 8.93. The highest BCUT2D eigenvalue weighted by atomic mass is 35.5. The Bertz CT molecular complexity index is 818. The lowest BCUT2D eigenvalue weighted by Gasteiger charge is -2.13. The highest BCUT2D eigenvalue weighted by Gasteiger charge is 2.09. The van der Waals surface area contributed by atoms with Gasteiger partial charge in [0.2, 0.25) is 0 Å². The lowest BCUT2D eigenvalue weighted by molar-refractivity contribution is -0.384. The Kier molecular flexibility index (Phi) is 10.9. The number of halogens is 2. The van der Waals surface area contributed by atoms with Crippen molar-refractivity contribution in [2.24, 2.45) is 0 Å². The molecule has 7 nitrogen and oxygen atoms in total. The molecule has 0 amide bonds. The molecule has 2 N–H and O–H groups in total. The Morgan fingerprint density at radius 2 is 1.97 bits per heavy atom. The van der Waals surface area contributed by atoms with Crippen LogP contribution in [-0.2, 0) is 6.54 Å². The third kappa shape index (κ3) is 7.81. The van der Waals surface area contributed by atoms with Crippen molar-refractivity contribution in [1.82, 2.24) is 5.32 Å². The molecule has 2 aromatic rings. The van der Waals surface area contributed by atoms with Crippen LogP contribution < -0.4 is 20.1 Å². The summed E-state index contributed by atoms with van der Waals surface area (Å²) < 4.78 is 11.2. The van der Waals surface area contributed by atoms with Crippen LogP contribution in [-0.4, -0.2) is 31.2 Å². The summed E-state index contributed by atoms with van der Waals surface area (Å²) >= 11 is 6.06. The number of nitro benzene ring substituents is 1. The number of nitrogens with one attached hydrogen (secondary N) is 2. The Labute approximate surface area is 181 Å². The lowest BCUT2D eigenvalue weighted by atomic mass is 10.2. The van der Waals surface area contributed by atoms with Crippen LogP contribution >= 0.6 is 24.0 Å². The van der Waals surface area contributed by atoms with E-state index < -0.39 is 4.92 Å². The molecule has 0 aliphatic heterocycles. The number of hydrogen-bond acceptors (Lipinski definition) is 6. The van der Waals surface area contributed by atoms with Gasteiger partial charge in [0.1, 0.15) is 6.61 Å². The first-order chi connectivity index (χ1) is 13.5. The molecule has 158 valence electrons. The summed E-state index contributed by atoms with van der Waals surface area (Å²) in [6, 6.07) is 10.2. The smallest absolute Gasteiger partial charge is 0.271 e. The van der Waals surface area contributed by atoms with E-state index in [0.717, 1.165) is 5.56 Å². The predicted octanol–water partition coefficient (Wildman–Crippen LogP) is 4.84. The molecular formula is C20H25Cl2N3O4. The van der Waals surface area contributed by atoms with Gasteiger partial charge in [-0.2, -0.15) is 0 Å². The molecule has 0 radical (unpaired) electrons. The van der Waals surface area contributed by atoms with Crippen molar-refractivity contribution in [3.05, 3.63) is 69.8 Å². The summed E-state index contributed by atoms with van der Waals surface area (Å²) in [6.45, 7) is 8.53. The molecule has 2 aromatic carbocycles. The molecule has 0 spiro atoms. The minimum atomic E-state index is -0.471. The van der Waals surface area contributed by atoms with E-state index in [9.17, 15) is 10.1 Å². The second-order valence-corrected chi connectivity index (χ2v) is 6.25. The molecule has 0 aromatic heterocycles. The van der Waals surface area contributed by atoms with Crippen molar-refractivity contribution in [1.29, 1.82) is 0 Å². The van der Waals surface area contributed by atoms with Crippen LogP contribution in [0.1, 0.15) is 12.5 Å². The van der Waals surface area contributed by atoms with Crippen LogP contribution in [0, 0.1) is 10.1 Å². The van der Waals surface area contributed by atoms with Crippen LogP contribution in [0.5, 0.6) is 11.5 Å². The number of hydrogen-bond donors (Lipinski definition) is 2. The number of benzene rings is 2. The van der Waals surface area contributed by atoms with E-state index >= 15 is 0 Å². The summed E-state index contributed by atoms with van der Waals surface area (Å²) in [5.41, 5.74) is 1.71. The SMILES string of the molecule is C=CCOc1ccc(CNCCNc2ccc([N+](=O)[O-])cc2Cl)cc1OCC.Cl. The second kappa shape index (κ2) is 12.9. The molecular weight excluding hydrogens is 417 g/mol. The standard InChI is InChI=1S/C20H24ClN3O4.ClH/c1-3-11-28-19-8-5-15(12-20(19)27-4-2)14-22-9-10-23-18-7-6-16(24(25)26)13-17(18)21;/h3,5-8,12-13,22-23H,1,4,9-11,14H2,2H3;1H. The van der Waals surface area contributed by atoms with E-state index in [4.69, 9.17) is 21.1 Å². The summed E-state index contributed by atoms with van der Waals surface area (Å²) in [5, 5.41) is 17.5. The van der Waals surface area contributed by atoms with Gasteiger partial charge in [0, 0.05) is 31.8 Å². The first-order valence-corrected chi connectivity index (χ1v) is 9.31. The molecule has 0 saturated heterocycles. The Morgan fingerprint density at radius 1 is 1.17 bits per heavy atom. The van der Waals surface area contributed by atoms with E-state index in [-0.39, 0.29) is 18.1 Å². The average molecular weight is 442 g/mol. The van der Waals surface area contributed by atoms with Crippen LogP contribution in [0.4, 0.5) is 11.4 Å². The fourth-order valence-corrected chi connectivity index (χ4v) is 2.72. The number of rotatable bonds is 12. The number of ether oxygens (including phenoxy) is 2. The van der Waals surface area contributed by atoms with Crippen molar-refractivity contribution in [2.75, 3.05) is 31.6 Å². The summed E-state index contributed by atoms with van der Waals surface area (Å²) in [5.74, 6) is 1.40. The molecule has 2 rings (SSSR count). The number of nitrogens with zero attached hydrogens (tertiary/aromatic N) is 1. The minimum absolute atomic E-state index is 0. The predicted molar refractivity (Wildman–Crippen MR) is 119 cm³/mol. The van der Waals surface area contributed by atoms with Gasteiger partial charge in [-0.05, 0) is 30.7 Å². The van der Waals surface area contributed by atoms with Crippen molar-refractivity contribution in [3.63, 3.8) is 0 Å². The van der Waals surface area contributed by atoms with Gasteiger partial charge in [-0.25, -0.2) is 0 Å². The van der Waals surface area contributed by atoms with Crippen LogP contribution in [0.2, 0.25) is 5.02 Å². The number of non-ortho nitro benzene ring substituents is 1. The van der Waals surface area contributed by atoms with Gasteiger partial charge < -0.3 is 20.1 Å². The Hall–Kier alpha value is -2.48. The molecule has 0 atom stereocenters. The molecule has 0 aliphatic carbocycles. The van der Waals surface area contributed by atoms with E-state index in [1.807, 2.05) is 25.1 Å². The van der Waals surface area contributed by atoms with E-state index in [0.29, 0.717) is 55.1 Å². The molecule has 0 saturated carbocycles. The molecule has 0 heterocycles. The maximum atomic E-state index is 10.7. The third-order valence-electron chi connectivity index (χ3n) is 3.77. The molecule has 9 heteroatoms. The van der Waals surface area contributed by atoms with Gasteiger partial charge in [-0.3, -0.25) is 10.1 Å².